The van der Waals surface area contributed by atoms with Crippen LogP contribution in [0.3, 0.4) is 0 Å². The van der Waals surface area contributed by atoms with Gasteiger partial charge in [-0.15, -0.1) is 0 Å². The second kappa shape index (κ2) is 16.0. The van der Waals surface area contributed by atoms with Crippen LogP contribution in [0.5, 0.6) is 0 Å². The van der Waals surface area contributed by atoms with E-state index in [1.54, 1.807) is 0 Å². The molecule has 1 nitrogen and oxygen atoms in total. The monoisotopic (exact) mass is 637 g/mol. The molecule has 0 aromatic heterocycles. The van der Waals surface area contributed by atoms with Gasteiger partial charge in [0.05, 0.1) is 5.41 Å². The van der Waals surface area contributed by atoms with Crippen LogP contribution in [0, 0.1) is 0 Å². The normalized spacial score (nSPS) is 14.7. The quantitative estimate of drug-likeness (QED) is 0.0909. The molecule has 0 unspecified atom stereocenters. The van der Waals surface area contributed by atoms with Crippen molar-refractivity contribution in [2.24, 2.45) is 0 Å². The van der Waals surface area contributed by atoms with Crippen LogP contribution in [0.15, 0.2) is 24.3 Å². The van der Waals surface area contributed by atoms with E-state index in [1.807, 2.05) is 0 Å². The lowest BCUT2D eigenvalue weighted by Gasteiger charge is -2.14. The molecule has 0 N–H and O–H groups in total. The summed E-state index contributed by atoms with van der Waals surface area (Å²) in [4.78, 5) is 0. The number of hydrogen-bond donors (Lipinski definition) is 0. The number of fused-ring (bicyclic) bond motifs is 1. The third kappa shape index (κ3) is 9.07. The highest BCUT2D eigenvalue weighted by Gasteiger charge is 2.42. The Kier molecular flexibility index (Phi) is 15.2. The molecule has 0 aliphatic carbocycles. The number of benzene rings is 1. The van der Waals surface area contributed by atoms with Crippen LogP contribution in [0.25, 0.3) is 0 Å². The Hall–Kier alpha value is 0.350. The van der Waals surface area contributed by atoms with Crippen molar-refractivity contribution in [3.63, 3.8) is 0 Å². The fourth-order valence-corrected chi connectivity index (χ4v) is 5.26. The van der Waals surface area contributed by atoms with E-state index < -0.39 is 0 Å². The Bertz CT molecular complexity index is 621. The van der Waals surface area contributed by atoms with Gasteiger partial charge < -0.3 is 24.0 Å². The van der Waals surface area contributed by atoms with E-state index in [1.165, 1.54) is 118 Å². The summed E-state index contributed by atoms with van der Waals surface area (Å²) in [6.45, 7) is 8.25. The zero-order chi connectivity index (χ0) is 21.0. The minimum Gasteiger partial charge on any atom is -1.00 e. The lowest BCUT2D eigenvalue weighted by molar-refractivity contribution is -0.439. The first-order chi connectivity index (χ1) is 14.1. The lowest BCUT2D eigenvalue weighted by Crippen LogP contribution is -3.00. The topological polar surface area (TPSA) is 3.01 Å². The number of alkyl halides is 1. The molecule has 0 spiro atoms. The van der Waals surface area contributed by atoms with Crippen LogP contribution < -0.4 is 24.0 Å². The van der Waals surface area contributed by atoms with Gasteiger partial charge in [0.1, 0.15) is 6.54 Å². The van der Waals surface area contributed by atoms with Crippen LogP contribution in [0.4, 0.5) is 5.69 Å². The van der Waals surface area contributed by atoms with Crippen LogP contribution >= 0.6 is 22.6 Å². The standard InChI is InChI=1S/C27H45IN.HI/c1-24-27(2,3)25-20-16-17-21-26(25)29(24)23-19-15-13-11-9-7-5-4-6-8-10-12-14-18-22-28;/h16-17,20-21H,4-15,18-19,22-23H2,1-3H3;1H/q+1;/p-1. The summed E-state index contributed by atoms with van der Waals surface area (Å²) in [7, 11) is 0. The smallest absolute Gasteiger partial charge is 0.209 e. The number of halogens is 2. The number of nitrogens with zero attached hydrogens (tertiary/aromatic N) is 1. The number of hydrogen-bond acceptors (Lipinski definition) is 0. The Morgan fingerprint density at radius 2 is 1.13 bits per heavy atom. The maximum atomic E-state index is 2.58. The first-order valence-electron chi connectivity index (χ1n) is 12.4. The molecule has 1 heterocycles. The van der Waals surface area contributed by atoms with Crippen molar-refractivity contribution in [3.8, 4) is 0 Å². The van der Waals surface area contributed by atoms with Gasteiger partial charge in [-0.2, -0.15) is 4.58 Å². The van der Waals surface area contributed by atoms with E-state index in [2.05, 4.69) is 72.2 Å². The highest BCUT2D eigenvalue weighted by molar-refractivity contribution is 14.1. The molecule has 0 saturated carbocycles. The molecule has 1 aromatic carbocycles. The van der Waals surface area contributed by atoms with Crippen molar-refractivity contribution in [2.45, 2.75) is 116 Å². The number of unbranched alkanes of at least 4 members (excludes halogenated alkanes) is 13. The summed E-state index contributed by atoms with van der Waals surface area (Å²) in [5.41, 5.74) is 4.65. The SMILES string of the molecule is CC1=[N+](CCCCCCCCCCCCCCCCI)c2ccccc2C1(C)C.[I-]. The highest BCUT2D eigenvalue weighted by Crippen LogP contribution is 2.39. The van der Waals surface area contributed by atoms with Gasteiger partial charge in [0.15, 0.2) is 5.71 Å². The second-order valence-corrected chi connectivity index (χ2v) is 10.6. The number of para-hydroxylation sites is 1. The molecule has 1 aliphatic heterocycles. The van der Waals surface area contributed by atoms with Crippen molar-refractivity contribution in [2.75, 3.05) is 11.0 Å². The summed E-state index contributed by atoms with van der Waals surface area (Å²) in [5.74, 6) is 0. The Balaban J connectivity index is 0.00000450. The molecule has 0 saturated heterocycles. The first-order valence-corrected chi connectivity index (χ1v) is 13.9. The minimum atomic E-state index is 0. The Labute approximate surface area is 218 Å². The molecule has 0 amide bonds. The molecule has 2 rings (SSSR count). The minimum absolute atomic E-state index is 0. The molecular formula is C27H45I2N. The van der Waals surface area contributed by atoms with Gasteiger partial charge in [0.2, 0.25) is 5.69 Å². The van der Waals surface area contributed by atoms with Gasteiger partial charge in [0.25, 0.3) is 0 Å². The van der Waals surface area contributed by atoms with Crippen molar-refractivity contribution in [1.29, 1.82) is 0 Å². The fourth-order valence-electron chi connectivity index (χ4n) is 4.72. The molecule has 0 radical (unpaired) electrons. The summed E-state index contributed by atoms with van der Waals surface area (Å²) in [6, 6.07) is 8.99. The van der Waals surface area contributed by atoms with Crippen molar-refractivity contribution in [1.82, 2.24) is 0 Å². The fraction of sp³-hybridized carbons (Fsp3) is 0.741. The first kappa shape index (κ1) is 28.4. The molecule has 1 aliphatic rings. The van der Waals surface area contributed by atoms with E-state index >= 15 is 0 Å². The molecule has 0 atom stereocenters. The van der Waals surface area contributed by atoms with Crippen LogP contribution in [-0.2, 0) is 5.41 Å². The molecule has 172 valence electrons. The molecule has 1 aromatic rings. The van der Waals surface area contributed by atoms with E-state index in [9.17, 15) is 0 Å². The summed E-state index contributed by atoms with van der Waals surface area (Å²) < 4.78 is 3.91. The van der Waals surface area contributed by atoms with Gasteiger partial charge in [-0.1, -0.05) is 111 Å². The van der Waals surface area contributed by atoms with Gasteiger partial charge in [-0.25, -0.2) is 0 Å². The van der Waals surface area contributed by atoms with Gasteiger partial charge in [-0.3, -0.25) is 0 Å². The average Bonchev–Trinajstić information content (AvgIpc) is 2.91. The van der Waals surface area contributed by atoms with Crippen LogP contribution in [0.1, 0.15) is 116 Å². The van der Waals surface area contributed by atoms with E-state index in [0.717, 1.165) is 0 Å². The molecule has 30 heavy (non-hydrogen) atoms. The summed E-state index contributed by atoms with van der Waals surface area (Å²) in [5, 5.41) is 0. The van der Waals surface area contributed by atoms with Crippen molar-refractivity contribution in [3.05, 3.63) is 29.8 Å². The molecular weight excluding hydrogens is 592 g/mol. The zero-order valence-corrected chi connectivity index (χ0v) is 24.1. The van der Waals surface area contributed by atoms with Gasteiger partial charge >= 0.3 is 0 Å². The lowest BCUT2D eigenvalue weighted by atomic mass is 9.82. The highest BCUT2D eigenvalue weighted by atomic mass is 127. The van der Waals surface area contributed by atoms with Crippen LogP contribution in [-0.4, -0.2) is 21.3 Å². The van der Waals surface area contributed by atoms with Gasteiger partial charge in [-0.05, 0) is 31.1 Å². The maximum Gasteiger partial charge on any atom is 0.209 e. The Morgan fingerprint density at radius 1 is 0.700 bits per heavy atom. The molecule has 0 fully saturated rings. The maximum absolute atomic E-state index is 2.58. The third-order valence-corrected chi connectivity index (χ3v) is 7.71. The summed E-state index contributed by atoms with van der Waals surface area (Å²) in [6.07, 6.45) is 20.1. The number of rotatable bonds is 16. The van der Waals surface area contributed by atoms with Gasteiger partial charge in [0, 0.05) is 25.0 Å². The molecule has 3 heteroatoms. The predicted molar refractivity (Wildman–Crippen MR) is 138 cm³/mol. The zero-order valence-electron chi connectivity index (χ0n) is 19.8. The summed E-state index contributed by atoms with van der Waals surface area (Å²) >= 11 is 2.49. The van der Waals surface area contributed by atoms with Crippen LogP contribution in [0.2, 0.25) is 0 Å². The predicted octanol–water partition coefficient (Wildman–Crippen LogP) is 5.98. The van der Waals surface area contributed by atoms with Crippen molar-refractivity contribution >= 4 is 34.0 Å². The van der Waals surface area contributed by atoms with Crippen molar-refractivity contribution < 1.29 is 28.6 Å². The second-order valence-electron chi connectivity index (χ2n) is 9.52. The largest absolute Gasteiger partial charge is 1.00 e. The third-order valence-electron chi connectivity index (χ3n) is 6.94. The molecule has 0 bridgehead atoms. The average molecular weight is 637 g/mol. The van der Waals surface area contributed by atoms with E-state index in [-0.39, 0.29) is 29.4 Å². The van der Waals surface area contributed by atoms with E-state index in [4.69, 9.17) is 0 Å². The van der Waals surface area contributed by atoms with E-state index in [0.29, 0.717) is 0 Å². The Morgan fingerprint density at radius 3 is 1.63 bits per heavy atom.